The predicted octanol–water partition coefficient (Wildman–Crippen LogP) is 4.07. The third-order valence-electron chi connectivity index (χ3n) is 4.51. The molecule has 3 aromatic rings. The molecule has 1 amide bonds. The minimum Gasteiger partial charge on any atom is -0.460 e. The SMILES string of the molecule is Cc1ccc(-c2nn(-c3ccccc3)cc2C(=O)NC2CCSCC2)o1. The van der Waals surface area contributed by atoms with Crippen LogP contribution in [0.3, 0.4) is 0 Å². The number of carbonyl (C=O) groups excluding carboxylic acids is 1. The molecule has 1 N–H and O–H groups in total. The van der Waals surface area contributed by atoms with Gasteiger partial charge < -0.3 is 9.73 Å². The number of nitrogens with zero attached hydrogens (tertiary/aromatic N) is 2. The largest absolute Gasteiger partial charge is 0.460 e. The topological polar surface area (TPSA) is 60.1 Å². The molecule has 4 rings (SSSR count). The van der Waals surface area contributed by atoms with E-state index >= 15 is 0 Å². The highest BCUT2D eigenvalue weighted by Crippen LogP contribution is 2.26. The number of aromatic nitrogens is 2. The molecule has 0 saturated carbocycles. The van der Waals surface area contributed by atoms with Gasteiger partial charge in [0.1, 0.15) is 11.5 Å². The first kappa shape index (κ1) is 17.0. The highest BCUT2D eigenvalue weighted by atomic mass is 32.2. The minimum atomic E-state index is -0.0897. The molecular formula is C20H21N3O2S. The van der Waals surface area contributed by atoms with E-state index in [2.05, 4.69) is 10.4 Å². The van der Waals surface area contributed by atoms with Crippen molar-refractivity contribution in [2.75, 3.05) is 11.5 Å². The van der Waals surface area contributed by atoms with Gasteiger partial charge in [-0.15, -0.1) is 0 Å². The lowest BCUT2D eigenvalue weighted by Gasteiger charge is -2.22. The molecule has 3 heterocycles. The summed E-state index contributed by atoms with van der Waals surface area (Å²) in [4.78, 5) is 12.9. The molecule has 2 aromatic heterocycles. The average molecular weight is 367 g/mol. The van der Waals surface area contributed by atoms with Crippen molar-refractivity contribution in [3.8, 4) is 17.1 Å². The molecule has 26 heavy (non-hydrogen) atoms. The fraction of sp³-hybridized carbons (Fsp3) is 0.300. The van der Waals surface area contributed by atoms with Gasteiger partial charge in [0.15, 0.2) is 5.76 Å². The van der Waals surface area contributed by atoms with Crippen molar-refractivity contribution in [1.82, 2.24) is 15.1 Å². The van der Waals surface area contributed by atoms with Gasteiger partial charge in [0.25, 0.3) is 5.91 Å². The van der Waals surface area contributed by atoms with Crippen LogP contribution < -0.4 is 5.32 Å². The molecule has 5 nitrogen and oxygen atoms in total. The fourth-order valence-electron chi connectivity index (χ4n) is 3.10. The Morgan fingerprint density at radius 1 is 1.19 bits per heavy atom. The Morgan fingerprint density at radius 3 is 2.65 bits per heavy atom. The summed E-state index contributed by atoms with van der Waals surface area (Å²) in [7, 11) is 0. The average Bonchev–Trinajstić information content (AvgIpc) is 3.30. The Kier molecular flexibility index (Phi) is 4.84. The molecule has 1 fully saturated rings. The summed E-state index contributed by atoms with van der Waals surface area (Å²) in [5.41, 5.74) is 2.02. The van der Waals surface area contributed by atoms with Crippen LogP contribution >= 0.6 is 11.8 Å². The Hall–Kier alpha value is -2.47. The monoisotopic (exact) mass is 367 g/mol. The van der Waals surface area contributed by atoms with E-state index in [-0.39, 0.29) is 11.9 Å². The predicted molar refractivity (Wildman–Crippen MR) is 104 cm³/mol. The first-order valence-electron chi connectivity index (χ1n) is 8.81. The van der Waals surface area contributed by atoms with Crippen molar-refractivity contribution in [1.29, 1.82) is 0 Å². The van der Waals surface area contributed by atoms with Crippen molar-refractivity contribution in [3.05, 3.63) is 60.0 Å². The second-order valence-electron chi connectivity index (χ2n) is 6.44. The number of nitrogens with one attached hydrogen (secondary N) is 1. The van der Waals surface area contributed by atoms with Gasteiger partial charge in [-0.3, -0.25) is 4.79 Å². The van der Waals surface area contributed by atoms with Crippen LogP contribution in [0.1, 0.15) is 29.0 Å². The highest BCUT2D eigenvalue weighted by Gasteiger charge is 2.23. The Bertz CT molecular complexity index is 895. The van der Waals surface area contributed by atoms with Crippen molar-refractivity contribution in [2.24, 2.45) is 0 Å². The second kappa shape index (κ2) is 7.41. The van der Waals surface area contributed by atoms with Crippen LogP contribution in [0, 0.1) is 6.92 Å². The first-order chi connectivity index (χ1) is 12.7. The summed E-state index contributed by atoms with van der Waals surface area (Å²) in [5.74, 6) is 3.51. The molecule has 1 aliphatic heterocycles. The maximum Gasteiger partial charge on any atom is 0.255 e. The smallest absolute Gasteiger partial charge is 0.255 e. The van der Waals surface area contributed by atoms with E-state index in [0.717, 1.165) is 35.8 Å². The molecule has 1 aromatic carbocycles. The molecule has 0 aliphatic carbocycles. The van der Waals surface area contributed by atoms with Crippen LogP contribution in [0.25, 0.3) is 17.1 Å². The Morgan fingerprint density at radius 2 is 1.96 bits per heavy atom. The fourth-order valence-corrected chi connectivity index (χ4v) is 4.21. The number of thioether (sulfide) groups is 1. The van der Waals surface area contributed by atoms with E-state index in [4.69, 9.17) is 4.42 Å². The van der Waals surface area contributed by atoms with Crippen LogP contribution in [-0.4, -0.2) is 33.2 Å². The lowest BCUT2D eigenvalue weighted by molar-refractivity contribution is 0.0935. The molecule has 0 atom stereocenters. The van der Waals surface area contributed by atoms with Crippen LogP contribution in [0.15, 0.2) is 53.1 Å². The normalized spacial score (nSPS) is 15.1. The zero-order valence-corrected chi connectivity index (χ0v) is 15.5. The number of hydrogen-bond acceptors (Lipinski definition) is 4. The number of benzene rings is 1. The van der Waals surface area contributed by atoms with E-state index in [9.17, 15) is 4.79 Å². The summed E-state index contributed by atoms with van der Waals surface area (Å²) in [6, 6.07) is 13.8. The lowest BCUT2D eigenvalue weighted by atomic mass is 10.1. The molecule has 1 aliphatic rings. The van der Waals surface area contributed by atoms with Gasteiger partial charge in [0, 0.05) is 12.2 Å². The molecule has 0 radical (unpaired) electrons. The summed E-state index contributed by atoms with van der Waals surface area (Å²) in [6.07, 6.45) is 3.81. The molecule has 0 bridgehead atoms. The van der Waals surface area contributed by atoms with Gasteiger partial charge in [0.2, 0.25) is 0 Å². The maximum atomic E-state index is 12.9. The maximum absolute atomic E-state index is 12.9. The molecule has 1 saturated heterocycles. The van der Waals surface area contributed by atoms with Crippen molar-refractivity contribution < 1.29 is 9.21 Å². The van der Waals surface area contributed by atoms with E-state index in [0.29, 0.717) is 17.0 Å². The number of hydrogen-bond donors (Lipinski definition) is 1. The summed E-state index contributed by atoms with van der Waals surface area (Å²) >= 11 is 1.94. The third-order valence-corrected chi connectivity index (χ3v) is 5.56. The van der Waals surface area contributed by atoms with Gasteiger partial charge in [-0.1, -0.05) is 18.2 Å². The van der Waals surface area contributed by atoms with Crippen LogP contribution in [0.2, 0.25) is 0 Å². The van der Waals surface area contributed by atoms with Gasteiger partial charge in [-0.2, -0.15) is 16.9 Å². The highest BCUT2D eigenvalue weighted by molar-refractivity contribution is 7.99. The van der Waals surface area contributed by atoms with Gasteiger partial charge in [0.05, 0.1) is 11.3 Å². The lowest BCUT2D eigenvalue weighted by Crippen LogP contribution is -2.37. The molecule has 6 heteroatoms. The molecule has 0 spiro atoms. The van der Waals surface area contributed by atoms with E-state index in [1.165, 1.54) is 0 Å². The van der Waals surface area contributed by atoms with Crippen molar-refractivity contribution >= 4 is 17.7 Å². The Labute approximate surface area is 156 Å². The molecular weight excluding hydrogens is 346 g/mol. The number of amides is 1. The van der Waals surface area contributed by atoms with Gasteiger partial charge in [-0.05, 0) is 55.5 Å². The first-order valence-corrected chi connectivity index (χ1v) is 9.97. The molecule has 0 unspecified atom stereocenters. The minimum absolute atomic E-state index is 0.0897. The van der Waals surface area contributed by atoms with Crippen LogP contribution in [0.4, 0.5) is 0 Å². The number of furan rings is 1. The summed E-state index contributed by atoms with van der Waals surface area (Å²) in [6.45, 7) is 1.89. The van der Waals surface area contributed by atoms with Crippen LogP contribution in [0.5, 0.6) is 0 Å². The number of aryl methyl sites for hydroxylation is 1. The second-order valence-corrected chi connectivity index (χ2v) is 7.67. The number of para-hydroxylation sites is 1. The zero-order chi connectivity index (χ0) is 17.9. The molecule has 134 valence electrons. The quantitative estimate of drug-likeness (QED) is 0.755. The van der Waals surface area contributed by atoms with E-state index in [1.54, 1.807) is 10.9 Å². The zero-order valence-electron chi connectivity index (χ0n) is 14.6. The Balaban J connectivity index is 1.69. The van der Waals surface area contributed by atoms with Crippen LogP contribution in [-0.2, 0) is 0 Å². The van der Waals surface area contributed by atoms with Crippen molar-refractivity contribution in [3.63, 3.8) is 0 Å². The summed E-state index contributed by atoms with van der Waals surface area (Å²) < 4.78 is 7.48. The third kappa shape index (κ3) is 3.55. The summed E-state index contributed by atoms with van der Waals surface area (Å²) in [5, 5.41) is 7.81. The van der Waals surface area contributed by atoms with Crippen molar-refractivity contribution in [2.45, 2.75) is 25.8 Å². The van der Waals surface area contributed by atoms with Gasteiger partial charge >= 0.3 is 0 Å². The van der Waals surface area contributed by atoms with Gasteiger partial charge in [-0.25, -0.2) is 4.68 Å². The van der Waals surface area contributed by atoms with E-state index in [1.807, 2.05) is 61.2 Å². The standard InChI is InChI=1S/C20H21N3O2S/c1-14-7-8-18(25-14)19-17(20(24)21-15-9-11-26-12-10-15)13-23(22-19)16-5-3-2-4-6-16/h2-8,13,15H,9-12H2,1H3,(H,21,24). The number of carbonyl (C=O) groups is 1. The van der Waals surface area contributed by atoms with E-state index < -0.39 is 0 Å². The number of rotatable bonds is 4.